The largest absolute Gasteiger partial charge is 0.496 e. The number of nitrogens with zero attached hydrogens (tertiary/aromatic N) is 2. The lowest BCUT2D eigenvalue weighted by Crippen LogP contribution is -2.50. The topological polar surface area (TPSA) is 44.8 Å². The summed E-state index contributed by atoms with van der Waals surface area (Å²) in [7, 11) is 1.70. The molecule has 1 saturated heterocycles. The van der Waals surface area contributed by atoms with Crippen LogP contribution in [0.1, 0.15) is 24.1 Å². The number of ether oxygens (including phenoxy) is 1. The molecular weight excluding hydrogens is 374 g/mol. The van der Waals surface area contributed by atoms with Crippen LogP contribution in [0.5, 0.6) is 5.75 Å². The van der Waals surface area contributed by atoms with Crippen molar-refractivity contribution in [3.05, 3.63) is 65.7 Å². The maximum Gasteiger partial charge on any atom is 0.237 e. The molecule has 5 nitrogen and oxygen atoms in total. The van der Waals surface area contributed by atoms with Gasteiger partial charge >= 0.3 is 0 Å². The second-order valence-corrected chi connectivity index (χ2v) is 6.83. The molecule has 0 bridgehead atoms. The quantitative estimate of drug-likeness (QED) is 0.771. The van der Waals surface area contributed by atoms with Crippen molar-refractivity contribution in [2.75, 3.05) is 39.8 Å². The fraction of sp³-hybridized carbons (Fsp3) is 0.409. The van der Waals surface area contributed by atoms with E-state index in [0.717, 1.165) is 36.5 Å². The standard InChI is InChI=1S/C22H29N3O2.ClH/c1-3-24(16-18-9-5-4-6-10-18)22(26)17-25-14-13-23-15-20(25)19-11-7-8-12-21(19)27-2;/h4-12,20,23H,3,13-17H2,1-2H3;1H. The molecule has 0 radical (unpaired) electrons. The number of hydrogen-bond donors (Lipinski definition) is 1. The van der Waals surface area contributed by atoms with E-state index in [1.165, 1.54) is 0 Å². The lowest BCUT2D eigenvalue weighted by molar-refractivity contribution is -0.133. The van der Waals surface area contributed by atoms with Crippen LogP contribution in [0.2, 0.25) is 0 Å². The van der Waals surface area contributed by atoms with Crippen LogP contribution < -0.4 is 10.1 Å². The molecule has 2 aromatic rings. The highest BCUT2D eigenvalue weighted by Gasteiger charge is 2.28. The van der Waals surface area contributed by atoms with Crippen LogP contribution in [0.15, 0.2) is 54.6 Å². The highest BCUT2D eigenvalue weighted by Crippen LogP contribution is 2.30. The van der Waals surface area contributed by atoms with Gasteiger partial charge < -0.3 is 15.0 Å². The SMILES string of the molecule is CCN(Cc1ccccc1)C(=O)CN1CCNCC1c1ccccc1OC.Cl. The third-order valence-corrected chi connectivity index (χ3v) is 5.14. The first-order valence-corrected chi connectivity index (χ1v) is 9.62. The van der Waals surface area contributed by atoms with Gasteiger partial charge in [-0.2, -0.15) is 0 Å². The highest BCUT2D eigenvalue weighted by molar-refractivity contribution is 5.85. The monoisotopic (exact) mass is 403 g/mol. The van der Waals surface area contributed by atoms with E-state index in [1.54, 1.807) is 7.11 Å². The Balaban J connectivity index is 0.00000280. The summed E-state index contributed by atoms with van der Waals surface area (Å²) >= 11 is 0. The molecule has 2 aromatic carbocycles. The normalized spacial score (nSPS) is 16.9. The van der Waals surface area contributed by atoms with Crippen molar-refractivity contribution in [3.63, 3.8) is 0 Å². The number of likely N-dealkylation sites (N-methyl/N-ethyl adjacent to an activating group) is 1. The summed E-state index contributed by atoms with van der Waals surface area (Å²) in [5.41, 5.74) is 2.29. The maximum absolute atomic E-state index is 13.0. The Kier molecular flexibility index (Phi) is 8.77. The number of carbonyl (C=O) groups excluding carboxylic acids is 1. The van der Waals surface area contributed by atoms with Crippen molar-refractivity contribution in [3.8, 4) is 5.75 Å². The predicted molar refractivity (Wildman–Crippen MR) is 115 cm³/mol. The molecule has 6 heteroatoms. The number of rotatable bonds is 7. The minimum atomic E-state index is 0. The van der Waals surface area contributed by atoms with Gasteiger partial charge in [0.25, 0.3) is 0 Å². The number of carbonyl (C=O) groups is 1. The number of methoxy groups -OCH3 is 1. The maximum atomic E-state index is 13.0. The molecule has 1 atom stereocenters. The van der Waals surface area contributed by atoms with Gasteiger partial charge in [-0.15, -0.1) is 12.4 Å². The molecule has 3 rings (SSSR count). The smallest absolute Gasteiger partial charge is 0.237 e. The molecular formula is C22H30ClN3O2. The molecule has 1 amide bonds. The zero-order valence-corrected chi connectivity index (χ0v) is 17.5. The van der Waals surface area contributed by atoms with Crippen molar-refractivity contribution in [2.45, 2.75) is 19.5 Å². The number of para-hydroxylation sites is 1. The van der Waals surface area contributed by atoms with Gasteiger partial charge in [0.05, 0.1) is 19.7 Å². The Morgan fingerprint density at radius 1 is 1.18 bits per heavy atom. The van der Waals surface area contributed by atoms with Crippen molar-refractivity contribution < 1.29 is 9.53 Å². The minimum Gasteiger partial charge on any atom is -0.496 e. The average molecular weight is 404 g/mol. The van der Waals surface area contributed by atoms with Gasteiger partial charge in [0.1, 0.15) is 5.75 Å². The number of nitrogens with one attached hydrogen (secondary N) is 1. The summed E-state index contributed by atoms with van der Waals surface area (Å²) in [5, 5.41) is 3.45. The van der Waals surface area contributed by atoms with Crippen molar-refractivity contribution >= 4 is 18.3 Å². The van der Waals surface area contributed by atoms with Gasteiger partial charge in [0, 0.05) is 38.3 Å². The molecule has 1 aliphatic rings. The van der Waals surface area contributed by atoms with E-state index in [0.29, 0.717) is 19.6 Å². The highest BCUT2D eigenvalue weighted by atomic mass is 35.5. The first-order chi connectivity index (χ1) is 13.2. The Bertz CT molecular complexity index is 742. The van der Waals surface area contributed by atoms with Gasteiger partial charge in [-0.05, 0) is 18.6 Å². The predicted octanol–water partition coefficient (Wildman–Crippen LogP) is 3.11. The van der Waals surface area contributed by atoms with Gasteiger partial charge in [-0.1, -0.05) is 48.5 Å². The van der Waals surface area contributed by atoms with Gasteiger partial charge in [0.2, 0.25) is 5.91 Å². The second-order valence-electron chi connectivity index (χ2n) is 6.83. The van der Waals surface area contributed by atoms with Gasteiger partial charge in [-0.3, -0.25) is 9.69 Å². The minimum absolute atomic E-state index is 0. The molecule has 0 aromatic heterocycles. The Morgan fingerprint density at radius 2 is 1.89 bits per heavy atom. The first-order valence-electron chi connectivity index (χ1n) is 9.62. The Morgan fingerprint density at radius 3 is 2.61 bits per heavy atom. The Hall–Kier alpha value is -2.08. The van der Waals surface area contributed by atoms with E-state index in [1.807, 2.05) is 48.2 Å². The van der Waals surface area contributed by atoms with Crippen molar-refractivity contribution in [2.24, 2.45) is 0 Å². The van der Waals surface area contributed by atoms with Gasteiger partial charge in [-0.25, -0.2) is 0 Å². The van der Waals surface area contributed by atoms with E-state index in [4.69, 9.17) is 4.74 Å². The van der Waals surface area contributed by atoms with E-state index < -0.39 is 0 Å². The van der Waals surface area contributed by atoms with Crippen LogP contribution in [-0.2, 0) is 11.3 Å². The zero-order valence-electron chi connectivity index (χ0n) is 16.6. The number of amides is 1. The molecule has 0 spiro atoms. The summed E-state index contributed by atoms with van der Waals surface area (Å²) in [6.07, 6.45) is 0. The molecule has 0 saturated carbocycles. The number of hydrogen-bond acceptors (Lipinski definition) is 4. The summed E-state index contributed by atoms with van der Waals surface area (Å²) in [4.78, 5) is 17.2. The van der Waals surface area contributed by atoms with E-state index >= 15 is 0 Å². The number of benzene rings is 2. The van der Waals surface area contributed by atoms with Crippen LogP contribution in [-0.4, -0.2) is 55.5 Å². The van der Waals surface area contributed by atoms with Crippen LogP contribution in [0, 0.1) is 0 Å². The third-order valence-electron chi connectivity index (χ3n) is 5.14. The van der Waals surface area contributed by atoms with Gasteiger partial charge in [0.15, 0.2) is 0 Å². The first kappa shape index (κ1) is 22.2. The van der Waals surface area contributed by atoms with Crippen LogP contribution >= 0.6 is 12.4 Å². The van der Waals surface area contributed by atoms with Crippen molar-refractivity contribution in [1.29, 1.82) is 0 Å². The number of halogens is 1. The molecule has 28 heavy (non-hydrogen) atoms. The summed E-state index contributed by atoms with van der Waals surface area (Å²) in [5.74, 6) is 1.04. The van der Waals surface area contributed by atoms with E-state index in [9.17, 15) is 4.79 Å². The van der Waals surface area contributed by atoms with E-state index in [2.05, 4.69) is 28.4 Å². The molecule has 1 heterocycles. The third kappa shape index (κ3) is 5.47. The van der Waals surface area contributed by atoms with Crippen LogP contribution in [0.25, 0.3) is 0 Å². The van der Waals surface area contributed by atoms with Crippen LogP contribution in [0.3, 0.4) is 0 Å². The molecule has 1 unspecified atom stereocenters. The second kappa shape index (κ2) is 11.1. The summed E-state index contributed by atoms with van der Waals surface area (Å²) in [6, 6.07) is 18.4. The molecule has 152 valence electrons. The molecule has 1 N–H and O–H groups in total. The number of piperazine rings is 1. The molecule has 1 fully saturated rings. The van der Waals surface area contributed by atoms with Crippen LogP contribution in [0.4, 0.5) is 0 Å². The fourth-order valence-electron chi connectivity index (χ4n) is 3.64. The van der Waals surface area contributed by atoms with E-state index in [-0.39, 0.29) is 24.4 Å². The van der Waals surface area contributed by atoms with Crippen molar-refractivity contribution in [1.82, 2.24) is 15.1 Å². The lowest BCUT2D eigenvalue weighted by atomic mass is 10.0. The zero-order chi connectivity index (χ0) is 19.1. The summed E-state index contributed by atoms with van der Waals surface area (Å²) in [6.45, 7) is 6.38. The molecule has 1 aliphatic heterocycles. The lowest BCUT2D eigenvalue weighted by Gasteiger charge is -2.37. The summed E-state index contributed by atoms with van der Waals surface area (Å²) < 4.78 is 5.55. The Labute approximate surface area is 174 Å². The fourth-order valence-corrected chi connectivity index (χ4v) is 3.64. The average Bonchev–Trinajstić information content (AvgIpc) is 2.73. The molecule has 0 aliphatic carbocycles.